The maximum atomic E-state index is 9.82. The van der Waals surface area contributed by atoms with Crippen LogP contribution < -0.4 is 27.8 Å². The van der Waals surface area contributed by atoms with E-state index >= 15 is 0 Å². The molecule has 0 aliphatic carbocycles. The summed E-state index contributed by atoms with van der Waals surface area (Å²) < 4.78 is 0. The van der Waals surface area contributed by atoms with Gasteiger partial charge in [-0.25, -0.2) is 14.4 Å². The first-order valence-corrected chi connectivity index (χ1v) is 3.40. The normalized spacial score (nSPS) is 7.43. The predicted molar refractivity (Wildman–Crippen MR) is 50.1 cm³/mol. The molecule has 0 radical (unpaired) electrons. The van der Waals surface area contributed by atoms with Gasteiger partial charge >= 0.3 is 18.1 Å². The molecule has 0 aliphatic heterocycles. The lowest BCUT2D eigenvalue weighted by molar-refractivity contribution is 0.236. The van der Waals surface area contributed by atoms with Crippen LogP contribution in [0, 0.1) is 0 Å². The van der Waals surface area contributed by atoms with Crippen LogP contribution in [0.5, 0.6) is 0 Å². The van der Waals surface area contributed by atoms with Crippen molar-refractivity contribution in [2.75, 3.05) is 6.54 Å². The number of nitrogens with one attached hydrogen (secondary N) is 2. The van der Waals surface area contributed by atoms with Crippen LogP contribution in [-0.2, 0) is 0 Å². The van der Waals surface area contributed by atoms with E-state index < -0.39 is 18.1 Å². The molecule has 0 bridgehead atoms. The molecule has 0 heterocycles. The zero-order valence-corrected chi connectivity index (χ0v) is 7.45. The van der Waals surface area contributed by atoms with E-state index in [0.29, 0.717) is 6.54 Å². The average Bonchev–Trinajstić information content (AvgIpc) is 1.99. The standard InChI is InChI=1S/C4H8N2O.C2H5N3O2/c1-2-3-6-4(5)7;3-1(6)5-2(4)7/h2H,1,3H2,(H3,5,6,7);(H5,3,4,5,6,7). The molecular formula is C6H13N5O3. The van der Waals surface area contributed by atoms with Gasteiger partial charge in [0, 0.05) is 6.54 Å². The number of primary amides is 3. The van der Waals surface area contributed by atoms with Gasteiger partial charge in [-0.2, -0.15) is 0 Å². The van der Waals surface area contributed by atoms with Gasteiger partial charge < -0.3 is 22.5 Å². The number of nitrogens with two attached hydrogens (primary N) is 3. The van der Waals surface area contributed by atoms with E-state index in [9.17, 15) is 14.4 Å². The first-order chi connectivity index (χ1) is 6.40. The molecule has 8 N–H and O–H groups in total. The van der Waals surface area contributed by atoms with Crippen LogP contribution in [0.25, 0.3) is 0 Å². The van der Waals surface area contributed by atoms with Gasteiger partial charge in [-0.3, -0.25) is 5.32 Å². The Bertz CT molecular complexity index is 216. The molecule has 0 fully saturated rings. The van der Waals surface area contributed by atoms with Crippen LogP contribution in [0.3, 0.4) is 0 Å². The van der Waals surface area contributed by atoms with Crippen LogP contribution >= 0.6 is 0 Å². The highest BCUT2D eigenvalue weighted by Gasteiger charge is 1.92. The smallest absolute Gasteiger partial charge is 0.320 e. The van der Waals surface area contributed by atoms with E-state index in [1.165, 1.54) is 0 Å². The lowest BCUT2D eigenvalue weighted by Gasteiger charge is -1.90. The molecule has 6 amide bonds. The van der Waals surface area contributed by atoms with Crippen molar-refractivity contribution in [2.45, 2.75) is 0 Å². The van der Waals surface area contributed by atoms with Gasteiger partial charge in [0.05, 0.1) is 0 Å². The quantitative estimate of drug-likeness (QED) is 0.349. The minimum atomic E-state index is -0.938. The Morgan fingerprint density at radius 3 is 1.57 bits per heavy atom. The molecule has 0 saturated carbocycles. The lowest BCUT2D eigenvalue weighted by atomic mass is 10.6. The summed E-state index contributed by atoms with van der Waals surface area (Å²) in [7, 11) is 0. The fourth-order valence-corrected chi connectivity index (χ4v) is 0.294. The zero-order valence-electron chi connectivity index (χ0n) is 7.45. The largest absolute Gasteiger partial charge is 0.352 e. The molecular weight excluding hydrogens is 190 g/mol. The van der Waals surface area contributed by atoms with Crippen molar-refractivity contribution in [3.8, 4) is 0 Å². The number of carbonyl (C=O) groups excluding carboxylic acids is 3. The molecule has 80 valence electrons. The van der Waals surface area contributed by atoms with Crippen molar-refractivity contribution >= 4 is 18.1 Å². The molecule has 0 saturated heterocycles. The summed E-state index contributed by atoms with van der Waals surface area (Å²) in [5, 5.41) is 3.90. The third kappa shape index (κ3) is 22.6. The van der Waals surface area contributed by atoms with Gasteiger partial charge in [0.1, 0.15) is 0 Å². The maximum absolute atomic E-state index is 9.82. The summed E-state index contributed by atoms with van der Waals surface area (Å²) in [6.45, 7) is 3.80. The van der Waals surface area contributed by atoms with Crippen LogP contribution in [-0.4, -0.2) is 24.6 Å². The molecule has 0 unspecified atom stereocenters. The summed E-state index contributed by atoms with van der Waals surface area (Å²) in [6.07, 6.45) is 1.56. The van der Waals surface area contributed by atoms with E-state index in [4.69, 9.17) is 0 Å². The molecule has 14 heavy (non-hydrogen) atoms. The van der Waals surface area contributed by atoms with Crippen LogP contribution in [0.4, 0.5) is 14.4 Å². The van der Waals surface area contributed by atoms with Crippen LogP contribution in [0.2, 0.25) is 0 Å². The van der Waals surface area contributed by atoms with E-state index in [1.54, 1.807) is 11.4 Å². The number of rotatable bonds is 2. The highest BCUT2D eigenvalue weighted by molar-refractivity contribution is 5.91. The second-order valence-corrected chi connectivity index (χ2v) is 1.89. The number of amides is 6. The molecule has 0 aliphatic rings. The van der Waals surface area contributed by atoms with Crippen LogP contribution in [0.15, 0.2) is 12.7 Å². The van der Waals surface area contributed by atoms with Crippen molar-refractivity contribution in [1.82, 2.24) is 10.6 Å². The first kappa shape index (κ1) is 14.3. The molecule has 0 atom stereocenters. The maximum Gasteiger partial charge on any atom is 0.320 e. The Labute approximate surface area is 80.5 Å². The molecule has 8 nitrogen and oxygen atoms in total. The Balaban J connectivity index is 0. The van der Waals surface area contributed by atoms with Gasteiger partial charge in [0.2, 0.25) is 0 Å². The summed E-state index contributed by atoms with van der Waals surface area (Å²) >= 11 is 0. The summed E-state index contributed by atoms with van der Waals surface area (Å²) in [4.78, 5) is 29.1. The van der Waals surface area contributed by atoms with Crippen molar-refractivity contribution in [3.05, 3.63) is 12.7 Å². The van der Waals surface area contributed by atoms with Crippen molar-refractivity contribution < 1.29 is 14.4 Å². The molecule has 0 aromatic heterocycles. The molecule has 0 spiro atoms. The van der Waals surface area contributed by atoms with Crippen LogP contribution in [0.1, 0.15) is 0 Å². The number of urea groups is 3. The zero-order chi connectivity index (χ0) is 11.6. The summed E-state index contributed by atoms with van der Waals surface area (Å²) in [5.41, 5.74) is 13.6. The predicted octanol–water partition coefficient (Wildman–Crippen LogP) is -1.43. The Morgan fingerprint density at radius 2 is 1.50 bits per heavy atom. The highest BCUT2D eigenvalue weighted by Crippen LogP contribution is 1.56. The second-order valence-electron chi connectivity index (χ2n) is 1.89. The minimum Gasteiger partial charge on any atom is -0.352 e. The highest BCUT2D eigenvalue weighted by atomic mass is 16.2. The number of imide groups is 1. The Hall–Kier alpha value is -2.25. The SMILES string of the molecule is C=CCNC(N)=O.NC(=O)NC(N)=O. The van der Waals surface area contributed by atoms with E-state index in [-0.39, 0.29) is 0 Å². The topological polar surface area (TPSA) is 153 Å². The third-order valence-electron chi connectivity index (χ3n) is 0.667. The summed E-state index contributed by atoms with van der Waals surface area (Å²) in [6, 6.07) is -2.39. The van der Waals surface area contributed by atoms with E-state index in [0.717, 1.165) is 0 Å². The Morgan fingerprint density at radius 1 is 1.07 bits per heavy atom. The molecule has 0 rings (SSSR count). The summed E-state index contributed by atoms with van der Waals surface area (Å²) in [5.74, 6) is 0. The van der Waals surface area contributed by atoms with Gasteiger partial charge in [-0.05, 0) is 0 Å². The molecule has 0 aromatic rings. The minimum absolute atomic E-state index is 0.440. The molecule has 8 heteroatoms. The first-order valence-electron chi connectivity index (χ1n) is 3.40. The van der Waals surface area contributed by atoms with Gasteiger partial charge in [-0.1, -0.05) is 6.08 Å². The monoisotopic (exact) mass is 203 g/mol. The van der Waals surface area contributed by atoms with Gasteiger partial charge in [0.15, 0.2) is 0 Å². The van der Waals surface area contributed by atoms with Crippen molar-refractivity contribution in [3.63, 3.8) is 0 Å². The Kier molecular flexibility index (Phi) is 9.02. The van der Waals surface area contributed by atoms with Crippen molar-refractivity contribution in [2.24, 2.45) is 17.2 Å². The second kappa shape index (κ2) is 8.84. The van der Waals surface area contributed by atoms with E-state index in [1.807, 2.05) is 0 Å². The van der Waals surface area contributed by atoms with E-state index in [2.05, 4.69) is 29.1 Å². The third-order valence-corrected chi connectivity index (χ3v) is 0.667. The lowest BCUT2D eigenvalue weighted by Crippen LogP contribution is -2.38. The molecule has 0 aromatic carbocycles. The average molecular weight is 203 g/mol. The van der Waals surface area contributed by atoms with Gasteiger partial charge in [0.25, 0.3) is 0 Å². The number of hydrogen-bond acceptors (Lipinski definition) is 3. The fourth-order valence-electron chi connectivity index (χ4n) is 0.294. The van der Waals surface area contributed by atoms with Crippen molar-refractivity contribution in [1.29, 1.82) is 0 Å². The van der Waals surface area contributed by atoms with Gasteiger partial charge in [-0.15, -0.1) is 6.58 Å². The number of hydrogen-bond donors (Lipinski definition) is 5. The number of carbonyl (C=O) groups is 3. The fraction of sp³-hybridized carbons (Fsp3) is 0.167.